The third-order valence-corrected chi connectivity index (χ3v) is 3.38. The van der Waals surface area contributed by atoms with Gasteiger partial charge in [-0.05, 0) is 23.5 Å². The Morgan fingerprint density at radius 1 is 0.565 bits per heavy atom. The van der Waals surface area contributed by atoms with E-state index in [1.807, 2.05) is 48.5 Å². The lowest BCUT2D eigenvalue weighted by atomic mass is 10.0. The summed E-state index contributed by atoms with van der Waals surface area (Å²) in [5, 5.41) is 0. The van der Waals surface area contributed by atoms with Crippen LogP contribution in [0.2, 0.25) is 0 Å². The van der Waals surface area contributed by atoms with Crippen LogP contribution in [0.1, 0.15) is 37.8 Å². The standard InChI is InChI=1S/C9H12.C8H10.C6H6/c1-8(2)9-6-4-3-5-7-9;1-2-8-6-4-3-5-7-8;1-2-4-6-5-3-1/h3-8H,1-2H3;3-7H,2H2,1H3;1-6H. The molecule has 3 aromatic rings. The highest BCUT2D eigenvalue weighted by molar-refractivity contribution is 5.17. The number of rotatable bonds is 2. The Balaban J connectivity index is 0.000000176. The summed E-state index contributed by atoms with van der Waals surface area (Å²) < 4.78 is 0. The van der Waals surface area contributed by atoms with Crippen molar-refractivity contribution in [1.29, 1.82) is 0 Å². The van der Waals surface area contributed by atoms with Crippen molar-refractivity contribution in [1.82, 2.24) is 0 Å². The van der Waals surface area contributed by atoms with E-state index in [-0.39, 0.29) is 0 Å². The second-order valence-corrected chi connectivity index (χ2v) is 5.56. The molecule has 0 atom stereocenters. The fraction of sp³-hybridized carbons (Fsp3) is 0.217. The lowest BCUT2D eigenvalue weighted by Crippen LogP contribution is -1.83. The number of benzene rings is 3. The van der Waals surface area contributed by atoms with Crippen molar-refractivity contribution >= 4 is 0 Å². The second kappa shape index (κ2) is 12.2. The van der Waals surface area contributed by atoms with Crippen molar-refractivity contribution in [2.45, 2.75) is 33.1 Å². The van der Waals surface area contributed by atoms with Crippen LogP contribution in [0.15, 0.2) is 97.1 Å². The maximum Gasteiger partial charge on any atom is -0.0219 e. The molecule has 0 radical (unpaired) electrons. The van der Waals surface area contributed by atoms with Gasteiger partial charge in [-0.15, -0.1) is 0 Å². The maximum absolute atomic E-state index is 2.20. The van der Waals surface area contributed by atoms with Gasteiger partial charge in [0.25, 0.3) is 0 Å². The van der Waals surface area contributed by atoms with Crippen LogP contribution < -0.4 is 0 Å². The number of hydrogen-bond donors (Lipinski definition) is 0. The summed E-state index contributed by atoms with van der Waals surface area (Å²) in [5.74, 6) is 0.659. The maximum atomic E-state index is 2.20. The number of hydrogen-bond acceptors (Lipinski definition) is 0. The van der Waals surface area contributed by atoms with Crippen LogP contribution in [-0.2, 0) is 6.42 Å². The Hall–Kier alpha value is -2.34. The molecule has 0 aliphatic rings. The fourth-order valence-corrected chi connectivity index (χ4v) is 1.94. The van der Waals surface area contributed by atoms with Gasteiger partial charge in [0.15, 0.2) is 0 Å². The summed E-state index contributed by atoms with van der Waals surface area (Å²) in [7, 11) is 0. The molecule has 0 aromatic heterocycles. The van der Waals surface area contributed by atoms with Crippen molar-refractivity contribution in [3.63, 3.8) is 0 Å². The third kappa shape index (κ3) is 9.31. The Bertz CT molecular complexity index is 556. The summed E-state index contributed by atoms with van der Waals surface area (Å²) in [6, 6.07) is 33.0. The van der Waals surface area contributed by atoms with Gasteiger partial charge >= 0.3 is 0 Å². The zero-order chi connectivity index (χ0) is 16.8. The van der Waals surface area contributed by atoms with Gasteiger partial charge in [0.1, 0.15) is 0 Å². The van der Waals surface area contributed by atoms with E-state index in [9.17, 15) is 0 Å². The average Bonchev–Trinajstić information content (AvgIpc) is 2.65. The van der Waals surface area contributed by atoms with Gasteiger partial charge < -0.3 is 0 Å². The normalized spacial score (nSPS) is 9.22. The molecule has 0 bridgehead atoms. The summed E-state index contributed by atoms with van der Waals surface area (Å²) >= 11 is 0. The lowest BCUT2D eigenvalue weighted by molar-refractivity contribution is 0.867. The van der Waals surface area contributed by atoms with E-state index in [2.05, 4.69) is 69.3 Å². The molecule has 3 aromatic carbocycles. The van der Waals surface area contributed by atoms with E-state index in [1.54, 1.807) is 0 Å². The Morgan fingerprint density at radius 2 is 0.913 bits per heavy atom. The number of aryl methyl sites for hydroxylation is 1. The summed E-state index contributed by atoms with van der Waals surface area (Å²) in [4.78, 5) is 0. The Kier molecular flexibility index (Phi) is 9.95. The van der Waals surface area contributed by atoms with Crippen LogP contribution in [0.5, 0.6) is 0 Å². The van der Waals surface area contributed by atoms with Crippen molar-refractivity contribution in [3.8, 4) is 0 Å². The van der Waals surface area contributed by atoms with E-state index in [0.29, 0.717) is 5.92 Å². The molecule has 0 N–H and O–H groups in total. The Labute approximate surface area is 141 Å². The molecule has 0 unspecified atom stereocenters. The third-order valence-electron chi connectivity index (χ3n) is 3.38. The van der Waals surface area contributed by atoms with Crippen molar-refractivity contribution < 1.29 is 0 Å². The van der Waals surface area contributed by atoms with Crippen LogP contribution in [0.3, 0.4) is 0 Å². The van der Waals surface area contributed by atoms with E-state index < -0.39 is 0 Å². The first-order valence-corrected chi connectivity index (χ1v) is 8.33. The van der Waals surface area contributed by atoms with E-state index in [1.165, 1.54) is 11.1 Å². The first-order valence-electron chi connectivity index (χ1n) is 8.33. The van der Waals surface area contributed by atoms with Gasteiger partial charge in [-0.1, -0.05) is 118 Å². The zero-order valence-electron chi connectivity index (χ0n) is 14.5. The first kappa shape index (κ1) is 18.7. The van der Waals surface area contributed by atoms with Gasteiger partial charge in [-0.25, -0.2) is 0 Å². The molecule has 0 nitrogen and oxygen atoms in total. The molecule has 0 aliphatic heterocycles. The van der Waals surface area contributed by atoms with Crippen molar-refractivity contribution in [2.75, 3.05) is 0 Å². The Morgan fingerprint density at radius 3 is 1.17 bits per heavy atom. The van der Waals surface area contributed by atoms with Crippen LogP contribution in [0.25, 0.3) is 0 Å². The minimum absolute atomic E-state index is 0.659. The predicted octanol–water partition coefficient (Wildman–Crippen LogP) is 6.75. The van der Waals surface area contributed by atoms with Gasteiger partial charge in [-0.2, -0.15) is 0 Å². The quantitative estimate of drug-likeness (QED) is 0.491. The molecular weight excluding hydrogens is 276 g/mol. The predicted molar refractivity (Wildman–Crippen MR) is 103 cm³/mol. The minimum Gasteiger partial charge on any atom is -0.0623 e. The van der Waals surface area contributed by atoms with E-state index in [0.717, 1.165) is 6.42 Å². The lowest BCUT2D eigenvalue weighted by Gasteiger charge is -2.01. The molecule has 23 heavy (non-hydrogen) atoms. The molecule has 3 rings (SSSR count). The average molecular weight is 304 g/mol. The highest BCUT2D eigenvalue weighted by Crippen LogP contribution is 2.11. The van der Waals surface area contributed by atoms with Gasteiger partial charge in [0.2, 0.25) is 0 Å². The van der Waals surface area contributed by atoms with Gasteiger partial charge in [-0.3, -0.25) is 0 Å². The first-order chi connectivity index (χ1) is 11.2. The molecular formula is C23H28. The van der Waals surface area contributed by atoms with Crippen LogP contribution in [0, 0.1) is 0 Å². The molecule has 0 aliphatic carbocycles. The molecule has 0 amide bonds. The molecule has 0 heterocycles. The van der Waals surface area contributed by atoms with Crippen molar-refractivity contribution in [3.05, 3.63) is 108 Å². The molecule has 120 valence electrons. The molecule has 0 fully saturated rings. The summed E-state index contributed by atoms with van der Waals surface area (Å²) in [5.41, 5.74) is 2.82. The van der Waals surface area contributed by atoms with Crippen LogP contribution in [-0.4, -0.2) is 0 Å². The largest absolute Gasteiger partial charge is 0.0623 e. The highest BCUT2D eigenvalue weighted by Gasteiger charge is 1.93. The smallest absolute Gasteiger partial charge is 0.0219 e. The molecule has 0 spiro atoms. The topological polar surface area (TPSA) is 0 Å². The summed E-state index contributed by atoms with van der Waals surface area (Å²) in [6.45, 7) is 6.57. The summed E-state index contributed by atoms with van der Waals surface area (Å²) in [6.07, 6.45) is 1.14. The van der Waals surface area contributed by atoms with E-state index in [4.69, 9.17) is 0 Å². The zero-order valence-corrected chi connectivity index (χ0v) is 14.5. The fourth-order valence-electron chi connectivity index (χ4n) is 1.94. The van der Waals surface area contributed by atoms with Crippen LogP contribution >= 0.6 is 0 Å². The van der Waals surface area contributed by atoms with Crippen LogP contribution in [0.4, 0.5) is 0 Å². The monoisotopic (exact) mass is 304 g/mol. The minimum atomic E-state index is 0.659. The van der Waals surface area contributed by atoms with Crippen molar-refractivity contribution in [2.24, 2.45) is 0 Å². The second-order valence-electron chi connectivity index (χ2n) is 5.56. The van der Waals surface area contributed by atoms with Gasteiger partial charge in [0.05, 0.1) is 0 Å². The SMILES string of the molecule is CC(C)c1ccccc1.CCc1ccccc1.c1ccccc1. The molecule has 0 heteroatoms. The van der Waals surface area contributed by atoms with E-state index >= 15 is 0 Å². The van der Waals surface area contributed by atoms with Gasteiger partial charge in [0, 0.05) is 0 Å². The molecule has 0 saturated heterocycles. The molecule has 0 saturated carbocycles. The highest BCUT2D eigenvalue weighted by atomic mass is 14.0.